The Kier molecular flexibility index (Phi) is 11.9. The molecule has 3 heterocycles. The maximum Gasteiger partial charge on any atom is 0.416 e. The van der Waals surface area contributed by atoms with Gasteiger partial charge in [-0.1, -0.05) is 13.0 Å². The number of hydrogen-bond acceptors (Lipinski definition) is 9. The molecule has 0 bridgehead atoms. The van der Waals surface area contributed by atoms with Gasteiger partial charge in [-0.3, -0.25) is 14.9 Å². The van der Waals surface area contributed by atoms with E-state index in [-0.39, 0.29) is 35.7 Å². The van der Waals surface area contributed by atoms with Gasteiger partial charge >= 0.3 is 18.3 Å². The highest BCUT2D eigenvalue weighted by Gasteiger charge is 2.34. The van der Waals surface area contributed by atoms with Crippen molar-refractivity contribution in [2.24, 2.45) is 7.05 Å². The lowest BCUT2D eigenvalue weighted by molar-refractivity contribution is -0.138. The third kappa shape index (κ3) is 10.4. The lowest BCUT2D eigenvalue weighted by Crippen LogP contribution is -2.44. The van der Waals surface area contributed by atoms with Crippen LogP contribution < -0.4 is 21.3 Å². The van der Waals surface area contributed by atoms with E-state index < -0.39 is 29.5 Å². The molecular weight excluding hydrogens is 713 g/mol. The van der Waals surface area contributed by atoms with Gasteiger partial charge in [0.05, 0.1) is 16.8 Å². The van der Waals surface area contributed by atoms with E-state index in [2.05, 4.69) is 43.2 Å². The molecule has 13 nitrogen and oxygen atoms in total. The van der Waals surface area contributed by atoms with Crippen LogP contribution >= 0.6 is 0 Å². The van der Waals surface area contributed by atoms with Crippen molar-refractivity contribution in [2.75, 3.05) is 49.2 Å². The van der Waals surface area contributed by atoms with Crippen LogP contribution in [0.15, 0.2) is 42.6 Å². The summed E-state index contributed by atoms with van der Waals surface area (Å²) in [7, 11) is 3.75. The van der Waals surface area contributed by atoms with Gasteiger partial charge in [0, 0.05) is 80.8 Å². The van der Waals surface area contributed by atoms with Crippen molar-refractivity contribution < 1.29 is 27.5 Å². The first-order chi connectivity index (χ1) is 26.0. The number of ether oxygens (including phenoxy) is 1. The van der Waals surface area contributed by atoms with Gasteiger partial charge in [-0.15, -0.1) is 0 Å². The maximum atomic E-state index is 14.1. The number of aromatic nitrogens is 4. The molecule has 1 saturated carbocycles. The van der Waals surface area contributed by atoms with Crippen LogP contribution in [0.1, 0.15) is 70.1 Å². The molecule has 2 aliphatic rings. The molecule has 1 aliphatic carbocycles. The summed E-state index contributed by atoms with van der Waals surface area (Å²) in [4.78, 5) is 38.8. The number of amides is 3. The monoisotopic (exact) mass is 764 g/mol. The predicted molar refractivity (Wildman–Crippen MR) is 207 cm³/mol. The number of hydrogen-bond donors (Lipinski definition) is 4. The number of nitrogens with zero attached hydrogens (tertiary/aromatic N) is 6. The summed E-state index contributed by atoms with van der Waals surface area (Å²) >= 11 is 0. The lowest BCUT2D eigenvalue weighted by atomic mass is 9.91. The molecule has 4 aromatic rings. The lowest BCUT2D eigenvalue weighted by Gasteiger charge is -2.33. The number of carbonyl (C=O) groups excluding carboxylic acids is 2. The summed E-state index contributed by atoms with van der Waals surface area (Å²) in [6, 6.07) is 9.15. The molecule has 16 heteroatoms. The standard InChI is InChI=1S/C39H51F3N10O3/c1-7-24-18-26(19-27-22-43-35(48-34(24)27)44-28-10-12-29(13-11-28)46-37(54)55-38(2,3)4)32-21-33(49-51(32)6)47-36(53)45-30-9-8-25(31(20-30)39(40,41)42)23-52-16-14-50(5)15-17-52/h8-9,18-22,28-29H,7,10-17,23H2,1-6H3,(H,46,54)(H,43,44,48)(H2,45,47,49,53). The molecule has 55 heavy (non-hydrogen) atoms. The van der Waals surface area contributed by atoms with E-state index in [0.29, 0.717) is 25.5 Å². The van der Waals surface area contributed by atoms with E-state index in [4.69, 9.17) is 9.72 Å². The Morgan fingerprint density at radius 1 is 0.909 bits per heavy atom. The normalized spacial score (nSPS) is 18.6. The molecule has 0 unspecified atom stereocenters. The van der Waals surface area contributed by atoms with Gasteiger partial charge in [-0.05, 0) is 95.3 Å². The second kappa shape index (κ2) is 16.4. The van der Waals surface area contributed by atoms with Crippen molar-refractivity contribution in [3.8, 4) is 11.3 Å². The number of alkyl carbamates (subject to hydrolysis) is 1. The zero-order valence-corrected chi connectivity index (χ0v) is 32.3. The van der Waals surface area contributed by atoms with E-state index in [9.17, 15) is 22.8 Å². The molecule has 4 N–H and O–H groups in total. The van der Waals surface area contributed by atoms with Gasteiger partial charge < -0.3 is 25.6 Å². The minimum Gasteiger partial charge on any atom is -0.444 e. The number of piperazine rings is 1. The van der Waals surface area contributed by atoms with E-state index in [1.54, 1.807) is 24.0 Å². The fourth-order valence-electron chi connectivity index (χ4n) is 7.13. The molecule has 6 rings (SSSR count). The Morgan fingerprint density at radius 2 is 1.62 bits per heavy atom. The number of halogens is 3. The molecule has 1 saturated heterocycles. The first-order valence-corrected chi connectivity index (χ1v) is 18.8. The number of urea groups is 1. The van der Waals surface area contributed by atoms with Gasteiger partial charge in [0.1, 0.15) is 5.60 Å². The van der Waals surface area contributed by atoms with Crippen LogP contribution in [0.4, 0.5) is 40.2 Å². The number of likely N-dealkylation sites (N-methyl/N-ethyl adjacent to an activating group) is 1. The number of aryl methyl sites for hydroxylation is 2. The smallest absolute Gasteiger partial charge is 0.416 e. The van der Waals surface area contributed by atoms with E-state index in [1.807, 2.05) is 44.9 Å². The Labute approximate surface area is 319 Å². The summed E-state index contributed by atoms with van der Waals surface area (Å²) in [6.07, 6.45) is 0.885. The Morgan fingerprint density at radius 3 is 2.29 bits per heavy atom. The van der Waals surface area contributed by atoms with Gasteiger partial charge in [0.15, 0.2) is 5.82 Å². The van der Waals surface area contributed by atoms with Crippen LogP contribution in [0.5, 0.6) is 0 Å². The zero-order valence-electron chi connectivity index (χ0n) is 32.3. The van der Waals surface area contributed by atoms with Crippen molar-refractivity contribution in [2.45, 2.75) is 90.2 Å². The Bertz CT molecular complexity index is 2000. The van der Waals surface area contributed by atoms with E-state index >= 15 is 0 Å². The molecule has 0 radical (unpaired) electrons. The molecule has 3 amide bonds. The maximum absolute atomic E-state index is 14.1. The number of nitrogens with one attached hydrogen (secondary N) is 4. The molecule has 0 atom stereocenters. The summed E-state index contributed by atoms with van der Waals surface area (Å²) in [5.41, 5.74) is 2.30. The summed E-state index contributed by atoms with van der Waals surface area (Å²) < 4.78 is 49.3. The second-order valence-electron chi connectivity index (χ2n) is 15.5. The van der Waals surface area contributed by atoms with Crippen LogP contribution in [0.2, 0.25) is 0 Å². The van der Waals surface area contributed by atoms with Crippen molar-refractivity contribution in [3.05, 3.63) is 59.3 Å². The molecule has 1 aliphatic heterocycles. The minimum atomic E-state index is -4.57. The first-order valence-electron chi connectivity index (χ1n) is 18.8. The van der Waals surface area contributed by atoms with Gasteiger partial charge in [0.2, 0.25) is 5.95 Å². The first kappa shape index (κ1) is 39.7. The van der Waals surface area contributed by atoms with Crippen molar-refractivity contribution in [1.29, 1.82) is 0 Å². The van der Waals surface area contributed by atoms with Gasteiger partial charge in [0.25, 0.3) is 0 Å². The topological polar surface area (TPSA) is 142 Å². The quantitative estimate of drug-likeness (QED) is 0.139. The average Bonchev–Trinajstić information content (AvgIpc) is 3.48. The summed E-state index contributed by atoms with van der Waals surface area (Å²) in [6.45, 7) is 10.7. The molecule has 2 fully saturated rings. The van der Waals surface area contributed by atoms with Crippen LogP contribution in [0.25, 0.3) is 22.2 Å². The highest BCUT2D eigenvalue weighted by molar-refractivity contribution is 5.99. The molecule has 296 valence electrons. The van der Waals surface area contributed by atoms with E-state index in [1.165, 1.54) is 12.1 Å². The van der Waals surface area contributed by atoms with Crippen LogP contribution in [0, 0.1) is 0 Å². The number of fused-ring (bicyclic) bond motifs is 1. The number of carbonyl (C=O) groups is 2. The third-order valence-corrected chi connectivity index (χ3v) is 10.0. The largest absolute Gasteiger partial charge is 0.444 e. The fourth-order valence-corrected chi connectivity index (χ4v) is 7.13. The fraction of sp³-hybridized carbons (Fsp3) is 0.513. The van der Waals surface area contributed by atoms with Crippen molar-refractivity contribution in [1.82, 2.24) is 34.9 Å². The summed E-state index contributed by atoms with van der Waals surface area (Å²) in [5.74, 6) is 0.784. The SMILES string of the molecule is CCc1cc(-c2cc(NC(=O)Nc3ccc(CN4CCN(C)CC4)c(C(F)(F)F)c3)nn2C)cc2cnc(NC3CCC(NC(=O)OC(C)(C)C)CC3)nc12. The number of benzene rings is 2. The van der Waals surface area contributed by atoms with Gasteiger partial charge in [-0.2, -0.15) is 18.3 Å². The predicted octanol–water partition coefficient (Wildman–Crippen LogP) is 7.25. The minimum absolute atomic E-state index is 0.0296. The molecular formula is C39H51F3N10O3. The Hall–Kier alpha value is -4.96. The van der Waals surface area contributed by atoms with Gasteiger partial charge in [-0.25, -0.2) is 19.6 Å². The number of anilines is 3. The van der Waals surface area contributed by atoms with Crippen molar-refractivity contribution >= 4 is 40.5 Å². The average molecular weight is 765 g/mol. The van der Waals surface area contributed by atoms with Crippen LogP contribution in [-0.2, 0) is 30.9 Å². The molecule has 2 aromatic carbocycles. The summed E-state index contributed by atoms with van der Waals surface area (Å²) in [5, 5.41) is 16.9. The number of rotatable bonds is 9. The highest BCUT2D eigenvalue weighted by Crippen LogP contribution is 2.35. The number of alkyl halides is 3. The zero-order chi connectivity index (χ0) is 39.5. The van der Waals surface area contributed by atoms with E-state index in [0.717, 1.165) is 72.6 Å². The molecule has 0 spiro atoms. The van der Waals surface area contributed by atoms with Crippen molar-refractivity contribution in [3.63, 3.8) is 0 Å². The van der Waals surface area contributed by atoms with Crippen LogP contribution in [0.3, 0.4) is 0 Å². The third-order valence-electron chi connectivity index (χ3n) is 10.0. The van der Waals surface area contributed by atoms with Crippen LogP contribution in [-0.4, -0.2) is 92.6 Å². The second-order valence-corrected chi connectivity index (χ2v) is 15.5. The highest BCUT2D eigenvalue weighted by atomic mass is 19.4. The Balaban J connectivity index is 1.09. The molecule has 2 aromatic heterocycles.